The molecule has 87 heavy (non-hydrogen) atoms. The summed E-state index contributed by atoms with van der Waals surface area (Å²) in [7, 11) is 0. The molecule has 2 saturated heterocycles. The van der Waals surface area contributed by atoms with Gasteiger partial charge in [-0.15, -0.1) is 0 Å². The Kier molecular flexibility index (Phi) is 54.3. The van der Waals surface area contributed by atoms with Gasteiger partial charge in [0.1, 0.15) is 48.8 Å². The second-order valence-corrected chi connectivity index (χ2v) is 26.1. The molecule has 0 bridgehead atoms. The van der Waals surface area contributed by atoms with Crippen molar-refractivity contribution in [3.63, 3.8) is 0 Å². The molecule has 2 fully saturated rings. The van der Waals surface area contributed by atoms with E-state index in [4.69, 9.17) is 18.9 Å². The van der Waals surface area contributed by atoms with Crippen molar-refractivity contribution in [1.82, 2.24) is 5.32 Å². The Morgan fingerprint density at radius 3 is 1.13 bits per heavy atom. The minimum atomic E-state index is -1.79. The zero-order valence-corrected chi connectivity index (χ0v) is 55.8. The summed E-state index contributed by atoms with van der Waals surface area (Å²) in [5.74, 6) is -0.248. The second-order valence-electron chi connectivity index (χ2n) is 26.1. The number of aliphatic hydroxyl groups excluding tert-OH is 8. The first-order chi connectivity index (χ1) is 42.6. The number of unbranched alkanes of at least 4 members (excludes halogenated alkanes) is 44. The standard InChI is InChI=1S/C73H137NO13/c1-3-5-7-9-11-13-15-17-19-21-22-23-24-25-26-27-28-29-30-31-32-33-34-35-36-37-38-39-40-41-43-45-47-49-51-53-55-57-65(78)74-61(62(77)56-54-52-50-48-46-44-42-20-18-16-14-12-10-8-6-4-2)60-84-72-70(83)68(81)71(64(59-76)86-72)87-73-69(82)67(80)66(79)63(58-75)85-73/h18,20,46,48,54,56,61-64,66-73,75-77,79-83H,3-17,19,21-45,47,49-53,55,57-60H2,1-2H3,(H,74,78)/b20-18+,48-46+,56-54+. The van der Waals surface area contributed by atoms with Crippen molar-refractivity contribution < 1.29 is 64.6 Å². The SMILES string of the molecule is CCCCCCCC/C=C/CC/C=C/CC/C=C/C(O)C(COC1OC(CO)C(OC2OC(CO)C(O)C(O)C2O)C(O)C1O)NC(=O)CCCCCCCCCCCCCCCCCCCCCCCCCCCCCCCCCCCCCCC. The highest BCUT2D eigenvalue weighted by Crippen LogP contribution is 2.30. The molecule has 12 atom stereocenters. The number of allylic oxidation sites excluding steroid dienone is 5. The fraction of sp³-hybridized carbons (Fsp3) is 0.904. The number of nitrogens with one attached hydrogen (secondary N) is 1. The first-order valence-electron chi connectivity index (χ1n) is 36.7. The van der Waals surface area contributed by atoms with Crippen LogP contribution in [-0.4, -0.2) is 140 Å². The van der Waals surface area contributed by atoms with E-state index in [9.17, 15) is 45.6 Å². The molecule has 0 saturated carbocycles. The molecule has 9 N–H and O–H groups in total. The van der Waals surface area contributed by atoms with Crippen LogP contribution in [0.2, 0.25) is 0 Å². The van der Waals surface area contributed by atoms with Gasteiger partial charge in [0.2, 0.25) is 5.91 Å². The molecule has 14 heteroatoms. The molecule has 0 aromatic heterocycles. The van der Waals surface area contributed by atoms with Crippen LogP contribution in [0.1, 0.15) is 328 Å². The molecule has 2 aliphatic rings. The van der Waals surface area contributed by atoms with Crippen molar-refractivity contribution in [3.05, 3.63) is 36.5 Å². The highest BCUT2D eigenvalue weighted by atomic mass is 16.7. The molecule has 512 valence electrons. The first kappa shape index (κ1) is 81.3. The molecule has 1 amide bonds. The molecule has 2 rings (SSSR count). The van der Waals surface area contributed by atoms with Crippen molar-refractivity contribution in [3.8, 4) is 0 Å². The third kappa shape index (κ3) is 42.1. The van der Waals surface area contributed by atoms with Crippen LogP contribution in [-0.2, 0) is 23.7 Å². The molecule has 14 nitrogen and oxygen atoms in total. The molecule has 2 aliphatic heterocycles. The summed E-state index contributed by atoms with van der Waals surface area (Å²) in [6.45, 7) is 2.80. The van der Waals surface area contributed by atoms with Crippen LogP contribution in [0.5, 0.6) is 0 Å². The largest absolute Gasteiger partial charge is 0.394 e. The second kappa shape index (κ2) is 58.1. The Balaban J connectivity index is 1.58. The lowest BCUT2D eigenvalue weighted by Crippen LogP contribution is -2.65. The van der Waals surface area contributed by atoms with Crippen LogP contribution < -0.4 is 5.32 Å². The van der Waals surface area contributed by atoms with Crippen LogP contribution >= 0.6 is 0 Å². The summed E-state index contributed by atoms with van der Waals surface area (Å²) < 4.78 is 22.8. The van der Waals surface area contributed by atoms with Crippen molar-refractivity contribution in [2.75, 3.05) is 19.8 Å². The summed E-state index contributed by atoms with van der Waals surface area (Å²) >= 11 is 0. The van der Waals surface area contributed by atoms with Crippen LogP contribution in [0, 0.1) is 0 Å². The van der Waals surface area contributed by atoms with E-state index in [-0.39, 0.29) is 18.9 Å². The predicted molar refractivity (Wildman–Crippen MR) is 355 cm³/mol. The molecule has 0 aliphatic carbocycles. The summed E-state index contributed by atoms with van der Waals surface area (Å²) in [4.78, 5) is 13.3. The van der Waals surface area contributed by atoms with Gasteiger partial charge in [0, 0.05) is 6.42 Å². The molecule has 0 spiro atoms. The smallest absolute Gasteiger partial charge is 0.220 e. The Labute approximate surface area is 531 Å². The normalized spacial score (nSPS) is 23.4. The maximum Gasteiger partial charge on any atom is 0.220 e. The number of hydrogen-bond donors (Lipinski definition) is 9. The first-order valence-corrected chi connectivity index (χ1v) is 36.7. The van der Waals surface area contributed by atoms with Crippen molar-refractivity contribution >= 4 is 5.91 Å². The quantitative estimate of drug-likeness (QED) is 0.0204. The summed E-state index contributed by atoms with van der Waals surface area (Å²) in [5.41, 5.74) is 0. The number of ether oxygens (including phenoxy) is 4. The molecule has 12 unspecified atom stereocenters. The van der Waals surface area contributed by atoms with Crippen LogP contribution in [0.4, 0.5) is 0 Å². The molecule has 0 radical (unpaired) electrons. The van der Waals surface area contributed by atoms with Gasteiger partial charge < -0.3 is 65.1 Å². The van der Waals surface area contributed by atoms with Gasteiger partial charge in [0.15, 0.2) is 12.6 Å². The van der Waals surface area contributed by atoms with E-state index in [2.05, 4.69) is 43.5 Å². The maximum atomic E-state index is 13.3. The number of amides is 1. The fourth-order valence-corrected chi connectivity index (χ4v) is 12.2. The number of carbonyl (C=O) groups excluding carboxylic acids is 1. The molecular formula is C73H137NO13. The van der Waals surface area contributed by atoms with E-state index < -0.39 is 86.8 Å². The van der Waals surface area contributed by atoms with Crippen molar-refractivity contribution in [2.24, 2.45) is 0 Å². The number of hydrogen-bond acceptors (Lipinski definition) is 13. The van der Waals surface area contributed by atoms with Gasteiger partial charge in [-0.3, -0.25) is 4.79 Å². The van der Waals surface area contributed by atoms with E-state index in [1.54, 1.807) is 6.08 Å². The Morgan fingerprint density at radius 1 is 0.402 bits per heavy atom. The van der Waals surface area contributed by atoms with Crippen molar-refractivity contribution in [1.29, 1.82) is 0 Å². The number of aliphatic hydroxyl groups is 8. The number of rotatable bonds is 61. The predicted octanol–water partition coefficient (Wildman–Crippen LogP) is 15.3. The van der Waals surface area contributed by atoms with Gasteiger partial charge in [0.05, 0.1) is 32.0 Å². The van der Waals surface area contributed by atoms with Gasteiger partial charge in [-0.25, -0.2) is 0 Å². The Hall–Kier alpha value is -1.79. The van der Waals surface area contributed by atoms with Gasteiger partial charge in [0.25, 0.3) is 0 Å². The highest BCUT2D eigenvalue weighted by Gasteiger charge is 2.51. The van der Waals surface area contributed by atoms with Gasteiger partial charge in [-0.2, -0.15) is 0 Å². The summed E-state index contributed by atoms with van der Waals surface area (Å²) in [5, 5.41) is 87.3. The van der Waals surface area contributed by atoms with E-state index in [0.29, 0.717) is 12.8 Å². The van der Waals surface area contributed by atoms with E-state index in [0.717, 1.165) is 44.9 Å². The van der Waals surface area contributed by atoms with Gasteiger partial charge in [-0.05, 0) is 44.9 Å². The zero-order valence-electron chi connectivity index (χ0n) is 55.8. The van der Waals surface area contributed by atoms with Gasteiger partial charge >= 0.3 is 0 Å². The Morgan fingerprint density at radius 2 is 0.736 bits per heavy atom. The fourth-order valence-electron chi connectivity index (χ4n) is 12.2. The van der Waals surface area contributed by atoms with Crippen LogP contribution in [0.25, 0.3) is 0 Å². The van der Waals surface area contributed by atoms with E-state index in [1.165, 1.54) is 250 Å². The van der Waals surface area contributed by atoms with E-state index in [1.807, 2.05) is 6.08 Å². The minimum absolute atomic E-state index is 0.248. The van der Waals surface area contributed by atoms with Crippen molar-refractivity contribution in [2.45, 2.75) is 402 Å². The summed E-state index contributed by atoms with van der Waals surface area (Å²) in [6.07, 6.45) is 58.1. The van der Waals surface area contributed by atoms with Crippen LogP contribution in [0.3, 0.4) is 0 Å². The lowest BCUT2D eigenvalue weighted by molar-refractivity contribution is -0.359. The number of carbonyl (C=O) groups is 1. The average molecular weight is 1240 g/mol. The molecule has 2 heterocycles. The lowest BCUT2D eigenvalue weighted by atomic mass is 9.97. The van der Waals surface area contributed by atoms with E-state index >= 15 is 0 Å². The third-order valence-corrected chi connectivity index (χ3v) is 18.1. The molecular weight excluding hydrogens is 1100 g/mol. The summed E-state index contributed by atoms with van der Waals surface area (Å²) in [6, 6.07) is -0.936. The third-order valence-electron chi connectivity index (χ3n) is 18.1. The highest BCUT2D eigenvalue weighted by molar-refractivity contribution is 5.76. The zero-order chi connectivity index (χ0) is 63.1. The molecule has 0 aromatic carbocycles. The van der Waals surface area contributed by atoms with Crippen LogP contribution in [0.15, 0.2) is 36.5 Å². The maximum absolute atomic E-state index is 13.3. The minimum Gasteiger partial charge on any atom is -0.394 e. The van der Waals surface area contributed by atoms with Gasteiger partial charge in [-0.1, -0.05) is 314 Å². The average Bonchev–Trinajstić information content (AvgIpc) is 1.60. The molecule has 0 aromatic rings. The monoisotopic (exact) mass is 1240 g/mol. The lowest BCUT2D eigenvalue weighted by Gasteiger charge is -2.46. The Bertz CT molecular complexity index is 1600. The topological polar surface area (TPSA) is 228 Å².